The molecule has 0 bridgehead atoms. The summed E-state index contributed by atoms with van der Waals surface area (Å²) in [7, 11) is 1.47. The van der Waals surface area contributed by atoms with Crippen molar-refractivity contribution in [2.24, 2.45) is 0 Å². The van der Waals surface area contributed by atoms with Crippen molar-refractivity contribution in [3.63, 3.8) is 0 Å². The zero-order valence-electron chi connectivity index (χ0n) is 11.0. The average Bonchev–Trinajstić information content (AvgIpc) is 2.30. The molecule has 7 heteroatoms. The molecule has 4 N–H and O–H groups in total. The topological polar surface area (TPSA) is 102 Å². The number of ether oxygens (including phenoxy) is 1. The van der Waals surface area contributed by atoms with Crippen molar-refractivity contribution in [1.29, 1.82) is 0 Å². The fourth-order valence-corrected chi connectivity index (χ4v) is 1.34. The Hall–Kier alpha value is -2.05. The number of methoxy groups -OCH3 is 1. The number of hydrogen-bond acceptors (Lipinski definition) is 6. The van der Waals surface area contributed by atoms with Crippen LogP contribution in [0.4, 0.5) is 11.5 Å². The molecule has 1 aromatic heterocycles. The zero-order valence-corrected chi connectivity index (χ0v) is 11.0. The van der Waals surface area contributed by atoms with Crippen molar-refractivity contribution < 1.29 is 9.53 Å². The van der Waals surface area contributed by atoms with Crippen LogP contribution in [0.1, 0.15) is 20.8 Å². The van der Waals surface area contributed by atoms with Gasteiger partial charge in [0.25, 0.3) is 0 Å². The van der Waals surface area contributed by atoms with Crippen LogP contribution in [0.25, 0.3) is 0 Å². The Morgan fingerprint density at radius 2 is 2.06 bits per heavy atom. The van der Waals surface area contributed by atoms with Gasteiger partial charge in [0, 0.05) is 6.04 Å². The molecule has 100 valence electrons. The van der Waals surface area contributed by atoms with Crippen molar-refractivity contribution in [1.82, 2.24) is 15.3 Å². The molecule has 0 saturated heterocycles. The third kappa shape index (κ3) is 3.47. The van der Waals surface area contributed by atoms with Gasteiger partial charge in [-0.3, -0.25) is 4.79 Å². The van der Waals surface area contributed by atoms with E-state index in [1.165, 1.54) is 13.4 Å². The van der Waals surface area contributed by atoms with Crippen LogP contribution in [0.5, 0.6) is 5.88 Å². The van der Waals surface area contributed by atoms with E-state index in [-0.39, 0.29) is 23.5 Å². The molecule has 0 radical (unpaired) electrons. The van der Waals surface area contributed by atoms with Gasteiger partial charge in [-0.15, -0.1) is 0 Å². The number of carbonyl (C=O) groups excluding carboxylic acids is 1. The molecule has 7 nitrogen and oxygen atoms in total. The van der Waals surface area contributed by atoms with Gasteiger partial charge in [-0.2, -0.15) is 4.98 Å². The second-order valence-corrected chi connectivity index (χ2v) is 4.17. The number of aromatic nitrogens is 2. The summed E-state index contributed by atoms with van der Waals surface area (Å²) in [4.78, 5) is 19.6. The van der Waals surface area contributed by atoms with Crippen LogP contribution in [-0.2, 0) is 4.79 Å². The normalized spacial score (nSPS) is 12.1. The Morgan fingerprint density at radius 1 is 1.39 bits per heavy atom. The summed E-state index contributed by atoms with van der Waals surface area (Å²) >= 11 is 0. The van der Waals surface area contributed by atoms with Crippen molar-refractivity contribution >= 4 is 17.4 Å². The third-order valence-electron chi connectivity index (χ3n) is 2.22. The van der Waals surface area contributed by atoms with E-state index in [1.54, 1.807) is 6.92 Å². The summed E-state index contributed by atoms with van der Waals surface area (Å²) < 4.78 is 4.98. The van der Waals surface area contributed by atoms with E-state index < -0.39 is 6.04 Å². The number of anilines is 2. The van der Waals surface area contributed by atoms with Crippen LogP contribution in [0.15, 0.2) is 6.33 Å². The summed E-state index contributed by atoms with van der Waals surface area (Å²) in [5, 5.41) is 5.72. The van der Waals surface area contributed by atoms with E-state index in [1.807, 2.05) is 13.8 Å². The van der Waals surface area contributed by atoms with E-state index >= 15 is 0 Å². The summed E-state index contributed by atoms with van der Waals surface area (Å²) in [5.41, 5.74) is 6.08. The first-order valence-electron chi connectivity index (χ1n) is 5.67. The molecule has 1 unspecified atom stereocenters. The highest BCUT2D eigenvalue weighted by atomic mass is 16.5. The molecule has 0 aliphatic carbocycles. The standard InChI is InChI=1S/C11H19N5O2/c1-6(2)15-10(17)7(3)16-9-8(12)11(18-4)14-5-13-9/h5-7H,12H2,1-4H3,(H,15,17)(H,13,14,16). The molecular weight excluding hydrogens is 234 g/mol. The van der Waals surface area contributed by atoms with E-state index in [2.05, 4.69) is 20.6 Å². The van der Waals surface area contributed by atoms with Crippen LogP contribution < -0.4 is 21.1 Å². The van der Waals surface area contributed by atoms with E-state index in [0.29, 0.717) is 5.82 Å². The smallest absolute Gasteiger partial charge is 0.242 e. The summed E-state index contributed by atoms with van der Waals surface area (Å²) in [6.45, 7) is 5.52. The number of amides is 1. The SMILES string of the molecule is COc1ncnc(NC(C)C(=O)NC(C)C)c1N. The number of hydrogen-bond donors (Lipinski definition) is 3. The van der Waals surface area contributed by atoms with Crippen LogP contribution >= 0.6 is 0 Å². The van der Waals surface area contributed by atoms with Gasteiger partial charge in [-0.05, 0) is 20.8 Å². The Balaban J connectivity index is 2.75. The number of nitrogens with two attached hydrogens (primary N) is 1. The first-order valence-corrected chi connectivity index (χ1v) is 5.67. The predicted octanol–water partition coefficient (Wildman–Crippen LogP) is 0.392. The van der Waals surface area contributed by atoms with Crippen molar-refractivity contribution in [2.45, 2.75) is 32.9 Å². The maximum absolute atomic E-state index is 11.7. The van der Waals surface area contributed by atoms with Gasteiger partial charge in [0.2, 0.25) is 11.8 Å². The molecule has 1 atom stereocenters. The minimum Gasteiger partial charge on any atom is -0.479 e. The van der Waals surface area contributed by atoms with Crippen LogP contribution in [0, 0.1) is 0 Å². The maximum atomic E-state index is 11.7. The van der Waals surface area contributed by atoms with Gasteiger partial charge >= 0.3 is 0 Å². The fraction of sp³-hybridized carbons (Fsp3) is 0.545. The Morgan fingerprint density at radius 3 is 2.61 bits per heavy atom. The number of carbonyl (C=O) groups is 1. The lowest BCUT2D eigenvalue weighted by Crippen LogP contribution is -2.41. The van der Waals surface area contributed by atoms with Crippen molar-refractivity contribution in [3.8, 4) is 5.88 Å². The largest absolute Gasteiger partial charge is 0.479 e. The van der Waals surface area contributed by atoms with Gasteiger partial charge in [-0.25, -0.2) is 4.98 Å². The highest BCUT2D eigenvalue weighted by Gasteiger charge is 2.16. The lowest BCUT2D eigenvalue weighted by molar-refractivity contribution is -0.122. The van der Waals surface area contributed by atoms with Crippen molar-refractivity contribution in [3.05, 3.63) is 6.33 Å². The van der Waals surface area contributed by atoms with Gasteiger partial charge in [0.1, 0.15) is 18.1 Å². The Bertz CT molecular complexity index is 422. The predicted molar refractivity (Wildman–Crippen MR) is 69.4 cm³/mol. The highest BCUT2D eigenvalue weighted by Crippen LogP contribution is 2.24. The Labute approximate surface area is 106 Å². The molecule has 0 aliphatic rings. The quantitative estimate of drug-likeness (QED) is 0.701. The zero-order chi connectivity index (χ0) is 13.7. The van der Waals surface area contributed by atoms with Gasteiger partial charge in [0.15, 0.2) is 5.82 Å². The number of rotatable bonds is 5. The van der Waals surface area contributed by atoms with Crippen LogP contribution in [0.3, 0.4) is 0 Å². The Kier molecular flexibility index (Phi) is 4.70. The average molecular weight is 253 g/mol. The molecule has 0 saturated carbocycles. The molecule has 0 aromatic carbocycles. The molecule has 18 heavy (non-hydrogen) atoms. The summed E-state index contributed by atoms with van der Waals surface area (Å²) in [5.74, 6) is 0.541. The number of nitrogens with one attached hydrogen (secondary N) is 2. The second-order valence-electron chi connectivity index (χ2n) is 4.17. The van der Waals surface area contributed by atoms with E-state index in [9.17, 15) is 4.79 Å². The molecular formula is C11H19N5O2. The molecule has 0 spiro atoms. The van der Waals surface area contributed by atoms with E-state index in [0.717, 1.165) is 0 Å². The van der Waals surface area contributed by atoms with Crippen LogP contribution in [-0.4, -0.2) is 35.1 Å². The molecule has 1 amide bonds. The van der Waals surface area contributed by atoms with Gasteiger partial charge in [0.05, 0.1) is 7.11 Å². The molecule has 1 rings (SSSR count). The lowest BCUT2D eigenvalue weighted by Gasteiger charge is -2.17. The van der Waals surface area contributed by atoms with Crippen LogP contribution in [0.2, 0.25) is 0 Å². The number of nitrogens with zero attached hydrogens (tertiary/aromatic N) is 2. The lowest BCUT2D eigenvalue weighted by atomic mass is 10.2. The molecule has 0 fully saturated rings. The highest BCUT2D eigenvalue weighted by molar-refractivity contribution is 5.85. The minimum atomic E-state index is -0.450. The summed E-state index contributed by atoms with van der Waals surface area (Å²) in [6, 6.07) is -0.367. The first kappa shape index (κ1) is 14.0. The fourth-order valence-electron chi connectivity index (χ4n) is 1.34. The van der Waals surface area contributed by atoms with Gasteiger partial charge < -0.3 is 21.1 Å². The first-order chi connectivity index (χ1) is 8.45. The van der Waals surface area contributed by atoms with Gasteiger partial charge in [-0.1, -0.05) is 0 Å². The minimum absolute atomic E-state index is 0.0824. The maximum Gasteiger partial charge on any atom is 0.242 e. The van der Waals surface area contributed by atoms with Crippen molar-refractivity contribution in [2.75, 3.05) is 18.2 Å². The summed E-state index contributed by atoms with van der Waals surface area (Å²) in [6.07, 6.45) is 1.32. The monoisotopic (exact) mass is 253 g/mol. The molecule has 1 aromatic rings. The number of nitrogen functional groups attached to an aromatic ring is 1. The molecule has 1 heterocycles. The second kappa shape index (κ2) is 6.04. The van der Waals surface area contributed by atoms with E-state index in [4.69, 9.17) is 10.5 Å². The molecule has 0 aliphatic heterocycles. The third-order valence-corrected chi connectivity index (χ3v) is 2.22.